The van der Waals surface area contributed by atoms with Crippen molar-refractivity contribution in [2.75, 3.05) is 7.11 Å². The molecule has 0 aliphatic heterocycles. The van der Waals surface area contributed by atoms with Gasteiger partial charge in [0.15, 0.2) is 5.78 Å². The van der Waals surface area contributed by atoms with Crippen LogP contribution in [0.25, 0.3) is 0 Å². The molecule has 0 aliphatic rings. The molecule has 0 amide bonds. The van der Waals surface area contributed by atoms with Crippen molar-refractivity contribution in [3.05, 3.63) is 53.8 Å². The van der Waals surface area contributed by atoms with Crippen molar-refractivity contribution < 1.29 is 13.9 Å². The van der Waals surface area contributed by atoms with Gasteiger partial charge in [-0.1, -0.05) is 23.9 Å². The van der Waals surface area contributed by atoms with Gasteiger partial charge >= 0.3 is 0 Å². The second-order valence-corrected chi connectivity index (χ2v) is 5.10. The van der Waals surface area contributed by atoms with Gasteiger partial charge < -0.3 is 4.74 Å². The number of hydrogen-bond acceptors (Lipinski definition) is 3. The van der Waals surface area contributed by atoms with Crippen LogP contribution in [0.15, 0.2) is 52.3 Å². The number of carbonyl (C=O) groups excluding carboxylic acids is 1. The summed E-state index contributed by atoms with van der Waals surface area (Å²) in [6.45, 7) is 1.42. The molecule has 0 radical (unpaired) electrons. The van der Waals surface area contributed by atoms with Crippen LogP contribution in [0.4, 0.5) is 4.39 Å². The largest absolute Gasteiger partial charge is 0.497 e. The highest BCUT2D eigenvalue weighted by atomic mass is 32.2. The number of Topliss-reactive ketones (excluding diaryl/α,β-unsaturated/α-hetero) is 1. The molecule has 0 bridgehead atoms. The van der Waals surface area contributed by atoms with E-state index in [0.29, 0.717) is 10.5 Å². The van der Waals surface area contributed by atoms with Gasteiger partial charge in [0.05, 0.1) is 7.11 Å². The van der Waals surface area contributed by atoms with Crippen molar-refractivity contribution in [1.29, 1.82) is 0 Å². The third kappa shape index (κ3) is 3.35. The van der Waals surface area contributed by atoms with Gasteiger partial charge in [0.25, 0.3) is 0 Å². The van der Waals surface area contributed by atoms with E-state index in [1.165, 1.54) is 24.8 Å². The number of benzene rings is 2. The third-order valence-corrected chi connectivity index (χ3v) is 3.65. The number of ether oxygens (including phenoxy) is 1. The minimum Gasteiger partial charge on any atom is -0.497 e. The molecule has 0 saturated heterocycles. The highest BCUT2D eigenvalue weighted by molar-refractivity contribution is 7.99. The van der Waals surface area contributed by atoms with Crippen LogP contribution < -0.4 is 4.74 Å². The fourth-order valence-electron chi connectivity index (χ4n) is 1.59. The molecule has 0 fully saturated rings. The average Bonchev–Trinajstić information content (AvgIpc) is 2.41. The zero-order chi connectivity index (χ0) is 13.8. The van der Waals surface area contributed by atoms with Crippen LogP contribution in [0.2, 0.25) is 0 Å². The zero-order valence-corrected chi connectivity index (χ0v) is 11.5. The zero-order valence-electron chi connectivity index (χ0n) is 10.6. The highest BCUT2D eigenvalue weighted by Gasteiger charge is 2.08. The number of rotatable bonds is 4. The van der Waals surface area contributed by atoms with Crippen LogP contribution in [0.1, 0.15) is 17.3 Å². The normalized spacial score (nSPS) is 10.3. The van der Waals surface area contributed by atoms with Gasteiger partial charge in [-0.3, -0.25) is 4.79 Å². The van der Waals surface area contributed by atoms with E-state index in [4.69, 9.17) is 4.74 Å². The molecule has 2 rings (SSSR count). The molecule has 0 spiro atoms. The molecule has 2 aromatic rings. The number of halogens is 1. The van der Waals surface area contributed by atoms with Crippen LogP contribution in [-0.2, 0) is 0 Å². The Morgan fingerprint density at radius 2 is 2.00 bits per heavy atom. The number of ketones is 1. The van der Waals surface area contributed by atoms with E-state index in [1.807, 2.05) is 24.3 Å². The van der Waals surface area contributed by atoms with Crippen molar-refractivity contribution in [1.82, 2.24) is 0 Å². The predicted molar refractivity (Wildman–Crippen MR) is 73.5 cm³/mol. The third-order valence-electron chi connectivity index (χ3n) is 2.61. The van der Waals surface area contributed by atoms with E-state index >= 15 is 0 Å². The lowest BCUT2D eigenvalue weighted by molar-refractivity contribution is 0.101. The Kier molecular flexibility index (Phi) is 4.22. The quantitative estimate of drug-likeness (QED) is 0.783. The molecule has 0 aliphatic carbocycles. The van der Waals surface area contributed by atoms with Crippen molar-refractivity contribution in [2.24, 2.45) is 0 Å². The molecule has 2 nitrogen and oxygen atoms in total. The van der Waals surface area contributed by atoms with E-state index in [9.17, 15) is 9.18 Å². The molecular weight excluding hydrogens is 263 g/mol. The summed E-state index contributed by atoms with van der Waals surface area (Å²) < 4.78 is 19.0. The van der Waals surface area contributed by atoms with Crippen molar-refractivity contribution in [3.63, 3.8) is 0 Å². The molecule has 0 aromatic heterocycles. The van der Waals surface area contributed by atoms with Gasteiger partial charge in [-0.25, -0.2) is 4.39 Å². The standard InChI is InChI=1S/C15H13FO2S/c1-10(17)11-6-7-15(14(16)8-11)19-13-5-3-4-12(9-13)18-2/h3-9H,1-2H3. The van der Waals surface area contributed by atoms with E-state index in [0.717, 1.165) is 10.6 Å². The van der Waals surface area contributed by atoms with Crippen molar-refractivity contribution in [3.8, 4) is 5.75 Å². The summed E-state index contributed by atoms with van der Waals surface area (Å²) in [5, 5.41) is 0. The summed E-state index contributed by atoms with van der Waals surface area (Å²) >= 11 is 1.30. The Morgan fingerprint density at radius 1 is 1.21 bits per heavy atom. The second-order valence-electron chi connectivity index (χ2n) is 3.98. The average molecular weight is 276 g/mol. The molecule has 0 saturated carbocycles. The first-order chi connectivity index (χ1) is 9.10. The fourth-order valence-corrected chi connectivity index (χ4v) is 2.46. The van der Waals surface area contributed by atoms with Gasteiger partial charge in [0.2, 0.25) is 0 Å². The Bertz CT molecular complexity index is 611. The van der Waals surface area contributed by atoms with E-state index in [-0.39, 0.29) is 11.6 Å². The Labute approximate surface area is 115 Å². The fraction of sp³-hybridized carbons (Fsp3) is 0.133. The van der Waals surface area contributed by atoms with E-state index in [1.54, 1.807) is 19.2 Å². The van der Waals surface area contributed by atoms with E-state index < -0.39 is 0 Å². The number of carbonyl (C=O) groups is 1. The Balaban J connectivity index is 2.25. The summed E-state index contributed by atoms with van der Waals surface area (Å²) in [6, 6.07) is 11.9. The van der Waals surface area contributed by atoms with Crippen LogP contribution in [0.3, 0.4) is 0 Å². The van der Waals surface area contributed by atoms with Crippen LogP contribution in [0.5, 0.6) is 5.75 Å². The molecule has 0 N–H and O–H groups in total. The van der Waals surface area contributed by atoms with Gasteiger partial charge in [0, 0.05) is 15.4 Å². The lowest BCUT2D eigenvalue weighted by Gasteiger charge is -2.06. The minimum atomic E-state index is -0.388. The topological polar surface area (TPSA) is 26.3 Å². The first-order valence-corrected chi connectivity index (χ1v) is 6.54. The van der Waals surface area contributed by atoms with Gasteiger partial charge in [-0.15, -0.1) is 0 Å². The number of hydrogen-bond donors (Lipinski definition) is 0. The molecule has 0 atom stereocenters. The van der Waals surface area contributed by atoms with Gasteiger partial charge in [-0.05, 0) is 37.3 Å². The maximum absolute atomic E-state index is 13.9. The van der Waals surface area contributed by atoms with Crippen LogP contribution in [-0.4, -0.2) is 12.9 Å². The van der Waals surface area contributed by atoms with Crippen molar-refractivity contribution in [2.45, 2.75) is 16.7 Å². The maximum Gasteiger partial charge on any atom is 0.159 e. The summed E-state index contributed by atoms with van der Waals surface area (Å²) in [5.74, 6) is 0.197. The molecule has 2 aromatic carbocycles. The highest BCUT2D eigenvalue weighted by Crippen LogP contribution is 2.32. The smallest absolute Gasteiger partial charge is 0.159 e. The summed E-state index contributed by atoms with van der Waals surface area (Å²) in [6.07, 6.45) is 0. The molecule has 19 heavy (non-hydrogen) atoms. The number of methoxy groups -OCH3 is 1. The molecule has 98 valence electrons. The van der Waals surface area contributed by atoms with Gasteiger partial charge in [-0.2, -0.15) is 0 Å². The maximum atomic E-state index is 13.9. The SMILES string of the molecule is COc1cccc(Sc2ccc(C(C)=O)cc2F)c1. The molecule has 4 heteroatoms. The van der Waals surface area contributed by atoms with Crippen LogP contribution >= 0.6 is 11.8 Å². The monoisotopic (exact) mass is 276 g/mol. The Hall–Kier alpha value is -1.81. The first-order valence-electron chi connectivity index (χ1n) is 5.72. The second kappa shape index (κ2) is 5.89. The molecule has 0 heterocycles. The lowest BCUT2D eigenvalue weighted by Crippen LogP contribution is -1.93. The summed E-state index contributed by atoms with van der Waals surface area (Å²) in [4.78, 5) is 12.5. The minimum absolute atomic E-state index is 0.142. The van der Waals surface area contributed by atoms with Crippen molar-refractivity contribution >= 4 is 17.5 Å². The lowest BCUT2D eigenvalue weighted by atomic mass is 10.1. The van der Waals surface area contributed by atoms with E-state index in [2.05, 4.69) is 0 Å². The van der Waals surface area contributed by atoms with Gasteiger partial charge in [0.1, 0.15) is 11.6 Å². The summed E-state index contributed by atoms with van der Waals surface area (Å²) in [5.41, 5.74) is 0.382. The molecule has 0 unspecified atom stereocenters. The molecular formula is C15H13FO2S. The first kappa shape index (κ1) is 13.6. The predicted octanol–water partition coefficient (Wildman–Crippen LogP) is 4.19. The summed E-state index contributed by atoms with van der Waals surface area (Å²) in [7, 11) is 1.59. The Morgan fingerprint density at radius 3 is 2.63 bits per heavy atom. The van der Waals surface area contributed by atoms with Crippen LogP contribution in [0, 0.1) is 5.82 Å².